The third-order valence-electron chi connectivity index (χ3n) is 6.45. The molecule has 4 aromatic rings. The molecule has 0 spiro atoms. The first kappa shape index (κ1) is 26.9. The highest BCUT2D eigenvalue weighted by Gasteiger charge is 2.32. The number of pyridine rings is 1. The fourth-order valence-electron chi connectivity index (χ4n) is 4.41. The number of carbonyl (C=O) groups excluding carboxylic acids is 1. The summed E-state index contributed by atoms with van der Waals surface area (Å²) in [5.74, 6) is 1.31. The van der Waals surface area contributed by atoms with Crippen molar-refractivity contribution in [2.24, 2.45) is 0 Å². The van der Waals surface area contributed by atoms with Gasteiger partial charge in [0.1, 0.15) is 5.75 Å². The molecule has 5 rings (SSSR count). The van der Waals surface area contributed by atoms with E-state index in [1.807, 2.05) is 72.8 Å². The number of aliphatic hydroxyl groups excluding tert-OH is 1. The summed E-state index contributed by atoms with van der Waals surface area (Å²) in [6, 6.07) is 26.7. The molecule has 2 heterocycles. The smallest absolute Gasteiger partial charge is 0.257 e. The van der Waals surface area contributed by atoms with Crippen LogP contribution in [0.5, 0.6) is 5.75 Å². The second kappa shape index (κ2) is 12.9. The normalized spacial score (nSPS) is 18.9. The zero-order valence-electron chi connectivity index (χ0n) is 21.5. The Morgan fingerprint density at radius 1 is 1.03 bits per heavy atom. The van der Waals surface area contributed by atoms with E-state index in [1.165, 1.54) is 6.20 Å². The van der Waals surface area contributed by atoms with Gasteiger partial charge in [0, 0.05) is 40.7 Å². The summed E-state index contributed by atoms with van der Waals surface area (Å²) in [5, 5.41) is 12.4. The predicted molar refractivity (Wildman–Crippen MR) is 151 cm³/mol. The number of hydrogen-bond acceptors (Lipinski definition) is 7. The van der Waals surface area contributed by atoms with Crippen LogP contribution in [0.15, 0.2) is 102 Å². The number of benzene rings is 3. The lowest BCUT2D eigenvalue weighted by Gasteiger charge is -2.36. The molecular formula is C31H30N2O5S. The fraction of sp³-hybridized carbons (Fsp3) is 0.226. The number of aliphatic hydroxyl groups is 1. The van der Waals surface area contributed by atoms with Gasteiger partial charge in [-0.05, 0) is 47.5 Å². The number of anilines is 1. The Balaban J connectivity index is 1.36. The lowest BCUT2D eigenvalue weighted by Crippen LogP contribution is -2.31. The maximum Gasteiger partial charge on any atom is 0.257 e. The first-order valence-corrected chi connectivity index (χ1v) is 13.7. The Hall–Kier alpha value is -3.69. The van der Waals surface area contributed by atoms with Crippen molar-refractivity contribution in [3.05, 3.63) is 120 Å². The van der Waals surface area contributed by atoms with Crippen LogP contribution in [0.25, 0.3) is 0 Å². The van der Waals surface area contributed by atoms with Gasteiger partial charge in [-0.25, -0.2) is 0 Å². The molecule has 3 atom stereocenters. The first-order valence-electron chi connectivity index (χ1n) is 12.7. The SMILES string of the molecule is COc1ccccc1SC[C@@H]1C[C@H](c2ccc(CO)cc2)O[C@H](c2cccc(NC(=O)c3cccnc3)c2)O1. The maximum absolute atomic E-state index is 12.7. The number of ether oxygens (including phenoxy) is 3. The Morgan fingerprint density at radius 2 is 1.87 bits per heavy atom. The van der Waals surface area contributed by atoms with E-state index in [9.17, 15) is 9.90 Å². The number of methoxy groups -OCH3 is 1. The van der Waals surface area contributed by atoms with Gasteiger partial charge in [-0.1, -0.05) is 48.5 Å². The van der Waals surface area contributed by atoms with Crippen molar-refractivity contribution in [3.8, 4) is 5.75 Å². The van der Waals surface area contributed by atoms with Gasteiger partial charge >= 0.3 is 0 Å². The molecule has 8 heteroatoms. The minimum atomic E-state index is -0.625. The molecular weight excluding hydrogens is 512 g/mol. The minimum Gasteiger partial charge on any atom is -0.496 e. The monoisotopic (exact) mass is 542 g/mol. The molecule has 1 saturated heterocycles. The third kappa shape index (κ3) is 6.85. The van der Waals surface area contributed by atoms with E-state index in [0.29, 0.717) is 23.4 Å². The molecule has 1 amide bonds. The van der Waals surface area contributed by atoms with E-state index in [2.05, 4.69) is 10.3 Å². The van der Waals surface area contributed by atoms with Crippen molar-refractivity contribution in [1.29, 1.82) is 0 Å². The van der Waals surface area contributed by atoms with Gasteiger partial charge in [0.15, 0.2) is 6.29 Å². The molecule has 3 aromatic carbocycles. The van der Waals surface area contributed by atoms with Crippen molar-refractivity contribution in [3.63, 3.8) is 0 Å². The van der Waals surface area contributed by atoms with Crippen molar-refractivity contribution in [2.45, 2.75) is 36.4 Å². The number of aromatic nitrogens is 1. The van der Waals surface area contributed by atoms with Gasteiger partial charge in [-0.2, -0.15) is 0 Å². The van der Waals surface area contributed by atoms with Crippen LogP contribution in [0.1, 0.15) is 45.9 Å². The van der Waals surface area contributed by atoms with Gasteiger partial charge in [-0.15, -0.1) is 11.8 Å². The number of nitrogens with zero attached hydrogens (tertiary/aromatic N) is 1. The van der Waals surface area contributed by atoms with Crippen LogP contribution >= 0.6 is 11.8 Å². The van der Waals surface area contributed by atoms with E-state index in [-0.39, 0.29) is 24.7 Å². The third-order valence-corrected chi connectivity index (χ3v) is 7.64. The Kier molecular flexibility index (Phi) is 8.90. The van der Waals surface area contributed by atoms with Crippen LogP contribution in [0, 0.1) is 0 Å². The zero-order chi connectivity index (χ0) is 27.0. The molecule has 200 valence electrons. The average molecular weight is 543 g/mol. The number of rotatable bonds is 9. The van der Waals surface area contributed by atoms with Crippen LogP contribution in [0.3, 0.4) is 0 Å². The maximum atomic E-state index is 12.7. The quantitative estimate of drug-likeness (QED) is 0.244. The van der Waals surface area contributed by atoms with Crippen molar-refractivity contribution >= 4 is 23.4 Å². The summed E-state index contributed by atoms with van der Waals surface area (Å²) in [7, 11) is 1.67. The van der Waals surface area contributed by atoms with Gasteiger partial charge in [0.2, 0.25) is 0 Å². The summed E-state index contributed by atoms with van der Waals surface area (Å²) in [6.45, 7) is -0.00668. The molecule has 0 bridgehead atoms. The average Bonchev–Trinajstić information content (AvgIpc) is 3.00. The number of hydrogen-bond donors (Lipinski definition) is 2. The van der Waals surface area contributed by atoms with Crippen LogP contribution < -0.4 is 10.1 Å². The zero-order valence-corrected chi connectivity index (χ0v) is 22.3. The van der Waals surface area contributed by atoms with E-state index < -0.39 is 6.29 Å². The summed E-state index contributed by atoms with van der Waals surface area (Å²) < 4.78 is 18.4. The molecule has 1 fully saturated rings. The van der Waals surface area contributed by atoms with E-state index >= 15 is 0 Å². The molecule has 0 saturated carbocycles. The Morgan fingerprint density at radius 3 is 2.64 bits per heavy atom. The predicted octanol–water partition coefficient (Wildman–Crippen LogP) is 6.17. The molecule has 7 nitrogen and oxygen atoms in total. The first-order chi connectivity index (χ1) is 19.1. The Labute approximate surface area is 232 Å². The standard InChI is InChI=1S/C31H30N2O5S/c1-36-27-9-2-3-10-29(27)39-20-26-17-28(22-13-11-21(19-34)12-14-22)38-31(37-26)23-6-4-8-25(16-23)33-30(35)24-7-5-15-32-18-24/h2-16,18,26,28,31,34H,17,19-20H2,1H3,(H,33,35)/t26-,28+,31+/m0/s1. The van der Waals surface area contributed by atoms with E-state index in [0.717, 1.165) is 27.3 Å². The number of nitrogens with one attached hydrogen (secondary N) is 1. The van der Waals surface area contributed by atoms with Crippen LogP contribution in [-0.4, -0.2) is 35.0 Å². The lowest BCUT2D eigenvalue weighted by molar-refractivity contribution is -0.245. The van der Waals surface area contributed by atoms with Gasteiger partial charge in [0.05, 0.1) is 31.5 Å². The highest BCUT2D eigenvalue weighted by molar-refractivity contribution is 7.99. The van der Waals surface area contributed by atoms with Gasteiger partial charge in [0.25, 0.3) is 5.91 Å². The van der Waals surface area contributed by atoms with Crippen molar-refractivity contribution in [1.82, 2.24) is 4.98 Å². The summed E-state index contributed by atoms with van der Waals surface area (Å²) in [5.41, 5.74) is 3.80. The molecule has 1 aliphatic heterocycles. The van der Waals surface area contributed by atoms with E-state index in [4.69, 9.17) is 14.2 Å². The second-order valence-corrected chi connectivity index (χ2v) is 10.2. The number of thioether (sulfide) groups is 1. The fourth-order valence-corrected chi connectivity index (χ4v) is 5.46. The minimum absolute atomic E-state index is 0.00668. The molecule has 1 aliphatic rings. The van der Waals surface area contributed by atoms with Crippen molar-refractivity contribution < 1.29 is 24.1 Å². The molecule has 0 unspecified atom stereocenters. The number of amides is 1. The second-order valence-electron chi connectivity index (χ2n) is 9.13. The van der Waals surface area contributed by atoms with Crippen LogP contribution in [0.2, 0.25) is 0 Å². The van der Waals surface area contributed by atoms with E-state index in [1.54, 1.807) is 37.2 Å². The molecule has 1 aromatic heterocycles. The highest BCUT2D eigenvalue weighted by atomic mass is 32.2. The van der Waals surface area contributed by atoms with Crippen molar-refractivity contribution in [2.75, 3.05) is 18.2 Å². The van der Waals surface area contributed by atoms with Gasteiger partial charge < -0.3 is 24.6 Å². The van der Waals surface area contributed by atoms with Crippen LogP contribution in [0.4, 0.5) is 5.69 Å². The largest absolute Gasteiger partial charge is 0.496 e. The highest BCUT2D eigenvalue weighted by Crippen LogP contribution is 2.40. The lowest BCUT2D eigenvalue weighted by atomic mass is 10.0. The summed E-state index contributed by atoms with van der Waals surface area (Å²) in [4.78, 5) is 17.7. The summed E-state index contributed by atoms with van der Waals surface area (Å²) >= 11 is 1.69. The number of carbonyl (C=O) groups is 1. The topological polar surface area (TPSA) is 89.9 Å². The Bertz CT molecular complexity index is 1380. The molecule has 0 radical (unpaired) electrons. The molecule has 2 N–H and O–H groups in total. The van der Waals surface area contributed by atoms with Crippen LogP contribution in [-0.2, 0) is 16.1 Å². The van der Waals surface area contributed by atoms with Gasteiger partial charge in [-0.3, -0.25) is 9.78 Å². The molecule has 39 heavy (non-hydrogen) atoms. The molecule has 0 aliphatic carbocycles. The summed E-state index contributed by atoms with van der Waals surface area (Å²) in [6.07, 6.45) is 2.91. The number of para-hydroxylation sites is 1.